The van der Waals surface area contributed by atoms with E-state index >= 15 is 0 Å². The van der Waals surface area contributed by atoms with Gasteiger partial charge in [-0.2, -0.15) is 0 Å². The van der Waals surface area contributed by atoms with Gasteiger partial charge in [-0.15, -0.1) is 0 Å². The highest BCUT2D eigenvalue weighted by molar-refractivity contribution is 7.91. The van der Waals surface area contributed by atoms with Crippen molar-refractivity contribution in [3.63, 3.8) is 0 Å². The first-order valence-corrected chi connectivity index (χ1v) is 15.6. The van der Waals surface area contributed by atoms with E-state index in [1.165, 1.54) is 0 Å². The SMILES string of the molecule is CN(CCC[SH](=O)=O)c1ccc(N2C[C@H]3CN(C(=O)N4CCS(=O)(=O)CC4)C[C@@H]2C(C)(C)C3)cc1. The van der Waals surface area contributed by atoms with Crippen molar-refractivity contribution in [2.45, 2.75) is 32.7 Å². The lowest BCUT2D eigenvalue weighted by Crippen LogP contribution is -2.55. The van der Waals surface area contributed by atoms with Crippen LogP contribution in [0.4, 0.5) is 16.2 Å². The first-order chi connectivity index (χ1) is 16.4. The molecule has 4 heterocycles. The molecule has 4 fully saturated rings. The zero-order valence-electron chi connectivity index (χ0n) is 20.9. The molecular formula is C24H38N4O5S2. The average molecular weight is 527 g/mol. The van der Waals surface area contributed by atoms with Crippen LogP contribution in [0.1, 0.15) is 26.7 Å². The molecule has 0 N–H and O–H groups in total. The Kier molecular flexibility index (Phi) is 7.57. The zero-order chi connectivity index (χ0) is 25.4. The molecule has 2 bridgehead atoms. The van der Waals surface area contributed by atoms with Crippen molar-refractivity contribution in [2.75, 3.05) is 73.4 Å². The highest BCUT2D eigenvalue weighted by Crippen LogP contribution is 2.43. The predicted molar refractivity (Wildman–Crippen MR) is 140 cm³/mol. The molecule has 11 heteroatoms. The lowest BCUT2D eigenvalue weighted by Gasteiger charge is -2.48. The Morgan fingerprint density at radius 3 is 2.34 bits per heavy atom. The number of amides is 2. The van der Waals surface area contributed by atoms with E-state index in [9.17, 15) is 21.6 Å². The number of carbonyl (C=O) groups is 1. The number of hydrogen-bond acceptors (Lipinski definition) is 7. The number of piperidine rings is 1. The standard InChI is InChI=1S/C24H38N4O5S2/c1-24(2)15-19-16-27(23(29)26-10-13-35(32,33)14-11-26)18-22(24)28(17-19)21-7-5-20(6-8-21)25(3)9-4-12-34(30)31/h5-8,19,22,34H,4,9-18H2,1-3H3/t19-,22-/m1/s1. The lowest BCUT2D eigenvalue weighted by molar-refractivity contribution is 0.153. The minimum Gasteiger partial charge on any atom is -0.375 e. The summed E-state index contributed by atoms with van der Waals surface area (Å²) in [4.78, 5) is 21.5. The van der Waals surface area contributed by atoms with Gasteiger partial charge in [-0.25, -0.2) is 21.6 Å². The molecule has 9 nitrogen and oxygen atoms in total. The number of fused-ring (bicyclic) bond motifs is 4. The van der Waals surface area contributed by atoms with Gasteiger partial charge in [0.1, 0.15) is 10.7 Å². The molecule has 35 heavy (non-hydrogen) atoms. The summed E-state index contributed by atoms with van der Waals surface area (Å²) in [5.74, 6) is 0.643. The Balaban J connectivity index is 1.47. The third-order valence-corrected chi connectivity index (χ3v) is 10.1. The molecule has 4 saturated heterocycles. The van der Waals surface area contributed by atoms with E-state index in [4.69, 9.17) is 0 Å². The van der Waals surface area contributed by atoms with E-state index in [0.29, 0.717) is 32.0 Å². The summed E-state index contributed by atoms with van der Waals surface area (Å²) in [6.45, 7) is 8.00. The van der Waals surface area contributed by atoms with Crippen LogP contribution in [0.2, 0.25) is 0 Å². The second-order valence-corrected chi connectivity index (χ2v) is 14.3. The maximum atomic E-state index is 13.3. The van der Waals surface area contributed by atoms with Crippen LogP contribution in [0.15, 0.2) is 24.3 Å². The van der Waals surface area contributed by atoms with Crippen LogP contribution in [0.5, 0.6) is 0 Å². The normalized spacial score (nSPS) is 25.5. The first kappa shape index (κ1) is 26.1. The Morgan fingerprint density at radius 2 is 1.71 bits per heavy atom. The summed E-state index contributed by atoms with van der Waals surface area (Å²) >= 11 is 0. The van der Waals surface area contributed by atoms with Gasteiger partial charge in [-0.05, 0) is 48.4 Å². The lowest BCUT2D eigenvalue weighted by atomic mass is 9.73. The number of nitrogens with zero attached hydrogens (tertiary/aromatic N) is 4. The summed E-state index contributed by atoms with van der Waals surface area (Å²) < 4.78 is 45.3. The van der Waals surface area contributed by atoms with Gasteiger partial charge in [-0.1, -0.05) is 13.8 Å². The smallest absolute Gasteiger partial charge is 0.320 e. The minimum absolute atomic E-state index is 0.0354. The van der Waals surface area contributed by atoms with Crippen LogP contribution >= 0.6 is 0 Å². The number of rotatable bonds is 6. The van der Waals surface area contributed by atoms with Crippen LogP contribution in [-0.2, 0) is 20.5 Å². The topological polar surface area (TPSA) is 98.3 Å². The van der Waals surface area contributed by atoms with Gasteiger partial charge in [-0.3, -0.25) is 0 Å². The summed E-state index contributed by atoms with van der Waals surface area (Å²) in [6.07, 6.45) is 1.66. The van der Waals surface area contributed by atoms with Gasteiger partial charge in [0.25, 0.3) is 0 Å². The van der Waals surface area contributed by atoms with Crippen molar-refractivity contribution in [3.8, 4) is 0 Å². The Morgan fingerprint density at radius 1 is 1.06 bits per heavy atom. The monoisotopic (exact) mass is 526 g/mol. The second-order valence-electron chi connectivity index (χ2n) is 10.9. The van der Waals surface area contributed by atoms with E-state index < -0.39 is 20.5 Å². The Labute approximate surface area is 210 Å². The summed E-state index contributed by atoms with van der Waals surface area (Å²) in [5, 5.41) is 0. The predicted octanol–water partition coefficient (Wildman–Crippen LogP) is 1.51. The molecule has 196 valence electrons. The molecule has 0 radical (unpaired) electrons. The fraction of sp³-hybridized carbons (Fsp3) is 0.708. The van der Waals surface area contributed by atoms with E-state index in [1.807, 2.05) is 11.9 Å². The summed E-state index contributed by atoms with van der Waals surface area (Å²) in [7, 11) is -3.40. The molecule has 5 rings (SSSR count). The van der Waals surface area contributed by atoms with Crippen molar-refractivity contribution in [1.82, 2.24) is 9.80 Å². The van der Waals surface area contributed by atoms with Crippen molar-refractivity contribution in [1.29, 1.82) is 0 Å². The second kappa shape index (κ2) is 10.2. The number of thiol groups is 1. The quantitative estimate of drug-likeness (QED) is 0.561. The van der Waals surface area contributed by atoms with Gasteiger partial charge >= 0.3 is 6.03 Å². The van der Waals surface area contributed by atoms with Gasteiger partial charge in [0, 0.05) is 63.4 Å². The van der Waals surface area contributed by atoms with Crippen molar-refractivity contribution >= 4 is 37.9 Å². The van der Waals surface area contributed by atoms with Crippen LogP contribution in [0.3, 0.4) is 0 Å². The third-order valence-electron chi connectivity index (χ3n) is 7.76. The molecular weight excluding hydrogens is 488 g/mol. The van der Waals surface area contributed by atoms with Crippen molar-refractivity contribution in [2.24, 2.45) is 11.3 Å². The fourth-order valence-electron chi connectivity index (χ4n) is 5.84. The maximum absolute atomic E-state index is 13.3. The van der Waals surface area contributed by atoms with Gasteiger partial charge in [0.05, 0.1) is 17.5 Å². The van der Waals surface area contributed by atoms with E-state index in [-0.39, 0.29) is 47.8 Å². The molecule has 0 spiro atoms. The molecule has 0 aromatic heterocycles. The van der Waals surface area contributed by atoms with Gasteiger partial charge in [0.2, 0.25) is 0 Å². The average Bonchev–Trinajstić information content (AvgIpc) is 3.05. The van der Waals surface area contributed by atoms with Gasteiger partial charge in [0.15, 0.2) is 9.84 Å². The summed E-state index contributed by atoms with van der Waals surface area (Å²) in [6, 6.07) is 8.53. The highest BCUT2D eigenvalue weighted by Gasteiger charge is 2.47. The molecule has 0 aliphatic carbocycles. The number of hydrogen-bond donors (Lipinski definition) is 1. The molecule has 1 aromatic rings. The number of sulfone groups is 1. The molecule has 4 aliphatic heterocycles. The van der Waals surface area contributed by atoms with Crippen molar-refractivity contribution in [3.05, 3.63) is 24.3 Å². The number of benzene rings is 1. The van der Waals surface area contributed by atoms with E-state index in [0.717, 1.165) is 24.3 Å². The third kappa shape index (κ3) is 6.04. The van der Waals surface area contributed by atoms with Crippen LogP contribution in [0.25, 0.3) is 0 Å². The first-order valence-electron chi connectivity index (χ1n) is 12.4. The largest absolute Gasteiger partial charge is 0.375 e. The number of urea groups is 1. The molecule has 0 unspecified atom stereocenters. The molecule has 4 aliphatic rings. The Bertz CT molecular complexity index is 1080. The maximum Gasteiger partial charge on any atom is 0.320 e. The molecule has 2 amide bonds. The van der Waals surface area contributed by atoms with E-state index in [1.54, 1.807) is 4.90 Å². The highest BCUT2D eigenvalue weighted by atomic mass is 32.2. The fourth-order valence-corrected chi connectivity index (χ4v) is 7.45. The minimum atomic E-state index is -3.03. The van der Waals surface area contributed by atoms with Crippen LogP contribution in [-0.4, -0.2) is 102 Å². The molecule has 1 aromatic carbocycles. The molecule has 2 atom stereocenters. The molecule has 0 saturated carbocycles. The number of carbonyl (C=O) groups excluding carboxylic acids is 1. The Hall–Kier alpha value is -2.01. The number of anilines is 2. The van der Waals surface area contributed by atoms with Crippen LogP contribution in [0, 0.1) is 11.3 Å². The van der Waals surface area contributed by atoms with Crippen molar-refractivity contribution < 1.29 is 21.6 Å². The van der Waals surface area contributed by atoms with Crippen LogP contribution < -0.4 is 9.80 Å². The van der Waals surface area contributed by atoms with E-state index in [2.05, 4.69) is 47.9 Å². The van der Waals surface area contributed by atoms with Gasteiger partial charge < -0.3 is 19.6 Å². The zero-order valence-corrected chi connectivity index (χ0v) is 22.6. The summed E-state index contributed by atoms with van der Waals surface area (Å²) in [5.41, 5.74) is 2.21.